The van der Waals surface area contributed by atoms with E-state index in [2.05, 4.69) is 17.1 Å². The van der Waals surface area contributed by atoms with Crippen molar-refractivity contribution in [1.29, 1.82) is 0 Å². The molecule has 1 aliphatic heterocycles. The summed E-state index contributed by atoms with van der Waals surface area (Å²) >= 11 is 0. The molecule has 1 saturated carbocycles. The third-order valence-electron chi connectivity index (χ3n) is 4.02. The van der Waals surface area contributed by atoms with Gasteiger partial charge in [-0.1, -0.05) is 19.8 Å². The third kappa shape index (κ3) is 5.22. The van der Waals surface area contributed by atoms with Crippen LogP contribution in [0.4, 0.5) is 0 Å². The molecule has 0 radical (unpaired) electrons. The first-order valence-corrected chi connectivity index (χ1v) is 7.49. The first-order chi connectivity index (χ1) is 8.78. The number of nitrogens with zero attached hydrogens (tertiary/aromatic N) is 1. The molecule has 0 bridgehead atoms. The lowest BCUT2D eigenvalue weighted by atomic mass is 10.1. The Morgan fingerprint density at radius 1 is 1.33 bits per heavy atom. The Bertz CT molecular complexity index is 228. The Hall–Kier alpha value is -0.160. The number of hydrogen-bond acceptors (Lipinski definition) is 4. The second-order valence-corrected chi connectivity index (χ2v) is 5.76. The Kier molecular flexibility index (Phi) is 5.89. The summed E-state index contributed by atoms with van der Waals surface area (Å²) in [5.74, 6) is 0.957. The Balaban J connectivity index is 1.58. The second-order valence-electron chi connectivity index (χ2n) is 5.76. The molecule has 0 amide bonds. The highest BCUT2D eigenvalue weighted by Crippen LogP contribution is 2.33. The van der Waals surface area contributed by atoms with Gasteiger partial charge in [0.15, 0.2) is 0 Å². The Morgan fingerprint density at radius 3 is 2.67 bits per heavy atom. The predicted octanol–water partition coefficient (Wildman–Crippen LogP) is 0.848. The SMILES string of the molecule is CCC(CC1CC1)NCC(O)CN1CCOCC1. The van der Waals surface area contributed by atoms with E-state index < -0.39 is 0 Å². The van der Waals surface area contributed by atoms with Gasteiger partial charge in [0.2, 0.25) is 0 Å². The van der Waals surface area contributed by atoms with Crippen LogP contribution >= 0.6 is 0 Å². The number of morpholine rings is 1. The molecule has 2 fully saturated rings. The first-order valence-electron chi connectivity index (χ1n) is 7.49. The van der Waals surface area contributed by atoms with Crippen molar-refractivity contribution in [3.8, 4) is 0 Å². The maximum atomic E-state index is 10.1. The topological polar surface area (TPSA) is 44.7 Å². The summed E-state index contributed by atoms with van der Waals surface area (Å²) in [7, 11) is 0. The molecule has 4 nitrogen and oxygen atoms in total. The van der Waals surface area contributed by atoms with Crippen LogP contribution in [0.3, 0.4) is 0 Å². The van der Waals surface area contributed by atoms with Gasteiger partial charge in [0.25, 0.3) is 0 Å². The molecular weight excluding hydrogens is 228 g/mol. The Labute approximate surface area is 111 Å². The van der Waals surface area contributed by atoms with Crippen molar-refractivity contribution in [1.82, 2.24) is 10.2 Å². The monoisotopic (exact) mass is 256 g/mol. The van der Waals surface area contributed by atoms with Crippen LogP contribution in [0.5, 0.6) is 0 Å². The number of aliphatic hydroxyl groups excluding tert-OH is 1. The lowest BCUT2D eigenvalue weighted by molar-refractivity contribution is 0.0144. The normalized spacial score (nSPS) is 25.0. The largest absolute Gasteiger partial charge is 0.390 e. The number of hydrogen-bond donors (Lipinski definition) is 2. The van der Waals surface area contributed by atoms with Gasteiger partial charge in [-0.25, -0.2) is 0 Å². The number of aliphatic hydroxyl groups is 1. The van der Waals surface area contributed by atoms with E-state index in [0.717, 1.165) is 45.3 Å². The molecule has 2 atom stereocenters. The molecule has 2 rings (SSSR count). The van der Waals surface area contributed by atoms with Crippen LogP contribution in [0.2, 0.25) is 0 Å². The van der Waals surface area contributed by atoms with E-state index in [1.807, 2.05) is 0 Å². The standard InChI is InChI=1S/C14H28N2O2/c1-2-13(9-12-3-4-12)15-10-14(17)11-16-5-7-18-8-6-16/h12-15,17H,2-11H2,1H3. The molecule has 106 valence electrons. The summed E-state index contributed by atoms with van der Waals surface area (Å²) < 4.78 is 5.31. The van der Waals surface area contributed by atoms with Crippen LogP contribution in [0.25, 0.3) is 0 Å². The van der Waals surface area contributed by atoms with Gasteiger partial charge in [-0.2, -0.15) is 0 Å². The molecule has 0 spiro atoms. The fourth-order valence-corrected chi connectivity index (χ4v) is 2.60. The number of nitrogens with one attached hydrogen (secondary N) is 1. The van der Waals surface area contributed by atoms with Crippen LogP contribution < -0.4 is 5.32 Å². The van der Waals surface area contributed by atoms with Gasteiger partial charge < -0.3 is 15.2 Å². The maximum absolute atomic E-state index is 10.1. The van der Waals surface area contributed by atoms with E-state index in [4.69, 9.17) is 4.74 Å². The van der Waals surface area contributed by atoms with E-state index in [1.54, 1.807) is 0 Å². The fraction of sp³-hybridized carbons (Fsp3) is 1.00. The molecule has 2 N–H and O–H groups in total. The summed E-state index contributed by atoms with van der Waals surface area (Å²) in [6.07, 6.45) is 5.03. The smallest absolute Gasteiger partial charge is 0.0791 e. The first kappa shape index (κ1) is 14.3. The summed E-state index contributed by atoms with van der Waals surface area (Å²) in [5, 5.41) is 13.6. The zero-order chi connectivity index (χ0) is 12.8. The minimum atomic E-state index is -0.253. The Morgan fingerprint density at radius 2 is 2.06 bits per heavy atom. The molecule has 0 aromatic heterocycles. The zero-order valence-corrected chi connectivity index (χ0v) is 11.6. The highest BCUT2D eigenvalue weighted by atomic mass is 16.5. The average molecular weight is 256 g/mol. The van der Waals surface area contributed by atoms with E-state index in [1.165, 1.54) is 25.7 Å². The van der Waals surface area contributed by atoms with E-state index in [9.17, 15) is 5.11 Å². The average Bonchev–Trinajstić information content (AvgIpc) is 3.19. The number of rotatable bonds is 8. The van der Waals surface area contributed by atoms with Crippen LogP contribution in [-0.2, 0) is 4.74 Å². The van der Waals surface area contributed by atoms with Gasteiger partial charge in [0.1, 0.15) is 0 Å². The third-order valence-corrected chi connectivity index (χ3v) is 4.02. The molecule has 4 heteroatoms. The van der Waals surface area contributed by atoms with Crippen LogP contribution in [0.1, 0.15) is 32.6 Å². The lowest BCUT2D eigenvalue weighted by Crippen LogP contribution is -2.45. The molecular formula is C14H28N2O2. The van der Waals surface area contributed by atoms with Gasteiger partial charge in [0, 0.05) is 32.2 Å². The predicted molar refractivity (Wildman–Crippen MR) is 72.7 cm³/mol. The summed E-state index contributed by atoms with van der Waals surface area (Å²) in [5.41, 5.74) is 0. The molecule has 1 aliphatic carbocycles. The van der Waals surface area contributed by atoms with Crippen LogP contribution in [0.15, 0.2) is 0 Å². The van der Waals surface area contributed by atoms with Crippen molar-refractivity contribution in [3.05, 3.63) is 0 Å². The fourth-order valence-electron chi connectivity index (χ4n) is 2.60. The second kappa shape index (κ2) is 7.43. The van der Waals surface area contributed by atoms with Crippen molar-refractivity contribution in [3.63, 3.8) is 0 Å². The molecule has 1 saturated heterocycles. The van der Waals surface area contributed by atoms with Crippen molar-refractivity contribution < 1.29 is 9.84 Å². The molecule has 18 heavy (non-hydrogen) atoms. The minimum absolute atomic E-state index is 0.253. The molecule has 1 heterocycles. The van der Waals surface area contributed by atoms with Crippen LogP contribution in [-0.4, -0.2) is 61.5 Å². The number of β-amino-alcohol motifs (C(OH)–C–C–N with tert-alkyl or cyclic N) is 1. The van der Waals surface area contributed by atoms with Crippen LogP contribution in [0, 0.1) is 5.92 Å². The van der Waals surface area contributed by atoms with Crippen molar-refractivity contribution >= 4 is 0 Å². The molecule has 0 aromatic rings. The highest BCUT2D eigenvalue weighted by Gasteiger charge is 2.25. The van der Waals surface area contributed by atoms with Gasteiger partial charge >= 0.3 is 0 Å². The van der Waals surface area contributed by atoms with E-state index >= 15 is 0 Å². The van der Waals surface area contributed by atoms with Crippen molar-refractivity contribution in [2.24, 2.45) is 5.92 Å². The minimum Gasteiger partial charge on any atom is -0.390 e. The molecule has 0 aromatic carbocycles. The zero-order valence-electron chi connectivity index (χ0n) is 11.6. The highest BCUT2D eigenvalue weighted by molar-refractivity contribution is 4.80. The number of ether oxygens (including phenoxy) is 1. The van der Waals surface area contributed by atoms with Gasteiger partial charge in [-0.15, -0.1) is 0 Å². The molecule has 2 unspecified atom stereocenters. The summed E-state index contributed by atoms with van der Waals surface area (Å²) in [6, 6.07) is 0.594. The van der Waals surface area contributed by atoms with Crippen molar-refractivity contribution in [2.75, 3.05) is 39.4 Å². The van der Waals surface area contributed by atoms with Crippen molar-refractivity contribution in [2.45, 2.75) is 44.8 Å². The van der Waals surface area contributed by atoms with E-state index in [-0.39, 0.29) is 6.10 Å². The summed E-state index contributed by atoms with van der Waals surface area (Å²) in [4.78, 5) is 2.29. The van der Waals surface area contributed by atoms with Gasteiger partial charge in [0.05, 0.1) is 19.3 Å². The van der Waals surface area contributed by atoms with E-state index in [0.29, 0.717) is 6.04 Å². The quantitative estimate of drug-likeness (QED) is 0.676. The van der Waals surface area contributed by atoms with Gasteiger partial charge in [-0.3, -0.25) is 4.90 Å². The molecule has 2 aliphatic rings. The van der Waals surface area contributed by atoms with Gasteiger partial charge in [-0.05, 0) is 18.8 Å². The maximum Gasteiger partial charge on any atom is 0.0791 e. The lowest BCUT2D eigenvalue weighted by Gasteiger charge is -2.29. The summed E-state index contributed by atoms with van der Waals surface area (Å²) in [6.45, 7) is 7.25.